The summed E-state index contributed by atoms with van der Waals surface area (Å²) in [5.41, 5.74) is 1.06. The predicted octanol–water partition coefficient (Wildman–Crippen LogP) is 3.26. The number of amides is 1. The molecular formula is C19H21F3N4O. The first-order valence-corrected chi connectivity index (χ1v) is 8.83. The number of benzene rings is 1. The van der Waals surface area contributed by atoms with Crippen molar-refractivity contribution in [3.63, 3.8) is 0 Å². The number of carbonyl (C=O) groups is 1. The Bertz CT molecular complexity index is 817. The van der Waals surface area contributed by atoms with Crippen LogP contribution in [-0.2, 0) is 23.9 Å². The van der Waals surface area contributed by atoms with Crippen LogP contribution in [0.2, 0.25) is 0 Å². The maximum atomic E-state index is 12.8. The van der Waals surface area contributed by atoms with Gasteiger partial charge in [-0.1, -0.05) is 18.2 Å². The van der Waals surface area contributed by atoms with Gasteiger partial charge in [-0.05, 0) is 37.5 Å². The molecule has 0 spiro atoms. The fourth-order valence-corrected chi connectivity index (χ4v) is 3.06. The molecule has 0 radical (unpaired) electrons. The van der Waals surface area contributed by atoms with Gasteiger partial charge in [0.05, 0.1) is 24.2 Å². The molecule has 1 aromatic carbocycles. The van der Waals surface area contributed by atoms with Crippen LogP contribution in [0.1, 0.15) is 35.4 Å². The first kappa shape index (κ1) is 19.1. The monoisotopic (exact) mass is 378 g/mol. The number of nitrogens with zero attached hydrogens (tertiary/aromatic N) is 3. The Hall–Kier alpha value is -2.64. The van der Waals surface area contributed by atoms with Crippen LogP contribution in [0.15, 0.2) is 30.3 Å². The van der Waals surface area contributed by atoms with Gasteiger partial charge in [0, 0.05) is 18.8 Å². The molecule has 1 aliphatic rings. The second-order valence-electron chi connectivity index (χ2n) is 6.65. The Kier molecular flexibility index (Phi) is 5.62. The summed E-state index contributed by atoms with van der Waals surface area (Å²) in [5, 5.41) is 2.72. The zero-order valence-corrected chi connectivity index (χ0v) is 15.0. The second kappa shape index (κ2) is 7.94. The Balaban J connectivity index is 1.61. The molecule has 1 aromatic heterocycles. The van der Waals surface area contributed by atoms with E-state index in [1.54, 1.807) is 6.07 Å². The Morgan fingerprint density at radius 2 is 1.93 bits per heavy atom. The summed E-state index contributed by atoms with van der Waals surface area (Å²) in [5.74, 6) is 0.308. The van der Waals surface area contributed by atoms with E-state index in [9.17, 15) is 18.0 Å². The number of carbonyl (C=O) groups excluding carboxylic acids is 1. The van der Waals surface area contributed by atoms with E-state index in [4.69, 9.17) is 0 Å². The third-order valence-electron chi connectivity index (χ3n) is 4.37. The van der Waals surface area contributed by atoms with Crippen LogP contribution in [0.3, 0.4) is 0 Å². The lowest BCUT2D eigenvalue weighted by Gasteiger charge is -2.16. The van der Waals surface area contributed by atoms with Gasteiger partial charge in [-0.3, -0.25) is 4.79 Å². The Morgan fingerprint density at radius 1 is 1.19 bits per heavy atom. The predicted molar refractivity (Wildman–Crippen MR) is 95.2 cm³/mol. The van der Waals surface area contributed by atoms with Gasteiger partial charge in [-0.25, -0.2) is 9.97 Å². The number of nitrogens with one attached hydrogen (secondary N) is 1. The van der Waals surface area contributed by atoms with Crippen molar-refractivity contribution in [1.29, 1.82) is 0 Å². The summed E-state index contributed by atoms with van der Waals surface area (Å²) in [6.45, 7) is 3.92. The number of aryl methyl sites for hydroxylation is 1. The quantitative estimate of drug-likeness (QED) is 0.868. The van der Waals surface area contributed by atoms with Crippen LogP contribution in [0.5, 0.6) is 0 Å². The number of rotatable bonds is 5. The highest BCUT2D eigenvalue weighted by atomic mass is 19.4. The van der Waals surface area contributed by atoms with Crippen molar-refractivity contribution >= 4 is 11.9 Å². The van der Waals surface area contributed by atoms with Gasteiger partial charge in [0.1, 0.15) is 0 Å². The molecule has 1 saturated heterocycles. The van der Waals surface area contributed by atoms with Crippen molar-refractivity contribution in [3.05, 3.63) is 52.8 Å². The van der Waals surface area contributed by atoms with Crippen molar-refractivity contribution in [1.82, 2.24) is 15.3 Å². The maximum Gasteiger partial charge on any atom is 0.416 e. The molecule has 0 atom stereocenters. The van der Waals surface area contributed by atoms with Gasteiger partial charge in [-0.15, -0.1) is 0 Å². The zero-order valence-electron chi connectivity index (χ0n) is 15.0. The van der Waals surface area contributed by atoms with Crippen LogP contribution >= 0.6 is 0 Å². The van der Waals surface area contributed by atoms with Gasteiger partial charge in [0.15, 0.2) is 0 Å². The normalized spacial score (nSPS) is 14.4. The van der Waals surface area contributed by atoms with Gasteiger partial charge in [-0.2, -0.15) is 13.2 Å². The molecule has 0 saturated carbocycles. The van der Waals surface area contributed by atoms with Crippen molar-refractivity contribution in [3.8, 4) is 0 Å². The molecule has 1 N–H and O–H groups in total. The van der Waals surface area contributed by atoms with Crippen LogP contribution in [-0.4, -0.2) is 29.0 Å². The lowest BCUT2D eigenvalue weighted by atomic mass is 10.1. The van der Waals surface area contributed by atoms with Gasteiger partial charge < -0.3 is 10.2 Å². The van der Waals surface area contributed by atoms with E-state index in [1.807, 2.05) is 6.92 Å². The van der Waals surface area contributed by atoms with Crippen LogP contribution < -0.4 is 10.2 Å². The van der Waals surface area contributed by atoms with Gasteiger partial charge in [0.25, 0.3) is 0 Å². The van der Waals surface area contributed by atoms with Gasteiger partial charge in [0.2, 0.25) is 11.9 Å². The van der Waals surface area contributed by atoms with Crippen LogP contribution in [0, 0.1) is 6.92 Å². The molecule has 0 unspecified atom stereocenters. The molecule has 8 heteroatoms. The largest absolute Gasteiger partial charge is 0.416 e. The minimum atomic E-state index is -4.42. The van der Waals surface area contributed by atoms with E-state index in [2.05, 4.69) is 20.2 Å². The molecule has 1 aliphatic heterocycles. The van der Waals surface area contributed by atoms with E-state index in [-0.39, 0.29) is 18.9 Å². The fraction of sp³-hybridized carbons (Fsp3) is 0.421. The number of aromatic nitrogens is 2. The maximum absolute atomic E-state index is 12.8. The Labute approximate surface area is 155 Å². The third-order valence-corrected chi connectivity index (χ3v) is 4.37. The zero-order chi connectivity index (χ0) is 19.4. The van der Waals surface area contributed by atoms with E-state index < -0.39 is 11.7 Å². The molecular weight excluding hydrogens is 357 g/mol. The number of hydrogen-bond donors (Lipinski definition) is 1. The highest BCUT2D eigenvalue weighted by Gasteiger charge is 2.30. The molecule has 1 fully saturated rings. The first-order valence-electron chi connectivity index (χ1n) is 8.83. The minimum Gasteiger partial charge on any atom is -0.350 e. The molecule has 3 rings (SSSR count). The summed E-state index contributed by atoms with van der Waals surface area (Å²) >= 11 is 0. The first-order chi connectivity index (χ1) is 12.8. The summed E-state index contributed by atoms with van der Waals surface area (Å²) in [6, 6.07) is 6.60. The number of halogens is 3. The molecule has 144 valence electrons. The van der Waals surface area contributed by atoms with E-state index in [1.165, 1.54) is 12.1 Å². The summed E-state index contributed by atoms with van der Waals surface area (Å²) in [6.07, 6.45) is -2.31. The molecule has 5 nitrogen and oxygen atoms in total. The number of anilines is 1. The minimum absolute atomic E-state index is 0.118. The highest BCUT2D eigenvalue weighted by molar-refractivity contribution is 5.78. The molecule has 27 heavy (non-hydrogen) atoms. The smallest absolute Gasteiger partial charge is 0.350 e. The second-order valence-corrected chi connectivity index (χ2v) is 6.65. The van der Waals surface area contributed by atoms with E-state index >= 15 is 0 Å². The average Bonchev–Trinajstić information content (AvgIpc) is 3.14. The van der Waals surface area contributed by atoms with Gasteiger partial charge >= 0.3 is 6.18 Å². The standard InChI is InChI=1S/C19H21F3N4O/c1-13-9-16(25-18(24-13)26-7-2-3-8-26)12-23-17(27)11-14-5-4-6-15(10-14)19(20,21)22/h4-6,9-10H,2-3,7-8,11-12H2,1H3,(H,23,27). The lowest BCUT2D eigenvalue weighted by molar-refractivity contribution is -0.137. The molecule has 2 heterocycles. The highest BCUT2D eigenvalue weighted by Crippen LogP contribution is 2.29. The summed E-state index contributed by atoms with van der Waals surface area (Å²) < 4.78 is 38.3. The number of alkyl halides is 3. The summed E-state index contributed by atoms with van der Waals surface area (Å²) in [7, 11) is 0. The Morgan fingerprint density at radius 3 is 2.63 bits per heavy atom. The molecule has 0 bridgehead atoms. The van der Waals surface area contributed by atoms with Crippen LogP contribution in [0.25, 0.3) is 0 Å². The van der Waals surface area contributed by atoms with Crippen molar-refractivity contribution < 1.29 is 18.0 Å². The van der Waals surface area contributed by atoms with Crippen molar-refractivity contribution in [2.75, 3.05) is 18.0 Å². The van der Waals surface area contributed by atoms with E-state index in [0.717, 1.165) is 43.8 Å². The lowest BCUT2D eigenvalue weighted by Crippen LogP contribution is -2.26. The molecule has 0 aliphatic carbocycles. The van der Waals surface area contributed by atoms with E-state index in [0.29, 0.717) is 17.2 Å². The SMILES string of the molecule is Cc1cc(CNC(=O)Cc2cccc(C(F)(F)F)c2)nc(N2CCCC2)n1. The van der Waals surface area contributed by atoms with Crippen LogP contribution in [0.4, 0.5) is 19.1 Å². The fourth-order valence-electron chi connectivity index (χ4n) is 3.06. The van der Waals surface area contributed by atoms with Crippen molar-refractivity contribution in [2.45, 2.75) is 38.9 Å². The third kappa shape index (κ3) is 5.18. The molecule has 1 amide bonds. The molecule has 2 aromatic rings. The topological polar surface area (TPSA) is 58.1 Å². The average molecular weight is 378 g/mol. The number of hydrogen-bond acceptors (Lipinski definition) is 4. The van der Waals surface area contributed by atoms with Crippen molar-refractivity contribution in [2.24, 2.45) is 0 Å². The summed E-state index contributed by atoms with van der Waals surface area (Å²) in [4.78, 5) is 23.2.